The van der Waals surface area contributed by atoms with Crippen molar-refractivity contribution in [2.24, 2.45) is 5.92 Å². The van der Waals surface area contributed by atoms with Gasteiger partial charge in [-0.25, -0.2) is 0 Å². The van der Waals surface area contributed by atoms with Crippen LogP contribution in [0, 0.1) is 5.92 Å². The average Bonchev–Trinajstić information content (AvgIpc) is 2.54. The predicted octanol–water partition coefficient (Wildman–Crippen LogP) is 3.91. The monoisotopic (exact) mass is 279 g/mol. The van der Waals surface area contributed by atoms with Crippen molar-refractivity contribution in [3.63, 3.8) is 0 Å². The minimum atomic E-state index is 0.356. The first kappa shape index (κ1) is 14.7. The summed E-state index contributed by atoms with van der Waals surface area (Å²) in [4.78, 5) is 3.73. The van der Waals surface area contributed by atoms with Gasteiger partial charge in [0.05, 0.1) is 0 Å². The molecule has 0 radical (unpaired) electrons. The molecule has 2 rings (SSSR count). The fourth-order valence-corrected chi connectivity index (χ4v) is 3.34. The normalized spacial score (nSPS) is 25.0. The average molecular weight is 279 g/mol. The molecule has 0 spiro atoms. The quantitative estimate of drug-likeness (QED) is 0.775. The summed E-state index contributed by atoms with van der Waals surface area (Å²) in [6.07, 6.45) is 2.75. The van der Waals surface area contributed by atoms with Crippen molar-refractivity contribution in [3.8, 4) is 5.75 Å². The highest BCUT2D eigenvalue weighted by molar-refractivity contribution is 7.99. The maximum atomic E-state index is 6.19. The highest BCUT2D eigenvalue weighted by Crippen LogP contribution is 2.25. The molecule has 1 aliphatic heterocycles. The van der Waals surface area contributed by atoms with Crippen molar-refractivity contribution >= 4 is 11.8 Å². The molecule has 1 fully saturated rings. The Morgan fingerprint density at radius 2 is 2.05 bits per heavy atom. The largest absolute Gasteiger partial charge is 0.490 e. The molecule has 0 amide bonds. The van der Waals surface area contributed by atoms with Gasteiger partial charge in [-0.15, -0.1) is 11.8 Å². The van der Waals surface area contributed by atoms with E-state index in [2.05, 4.69) is 50.1 Å². The molecule has 2 nitrogen and oxygen atoms in total. The number of hydrogen-bond donors (Lipinski definition) is 0. The lowest BCUT2D eigenvalue weighted by Gasteiger charge is -2.24. The summed E-state index contributed by atoms with van der Waals surface area (Å²) in [6.45, 7) is 6.80. The Bertz CT molecular complexity index is 379. The molecule has 0 aliphatic carbocycles. The number of likely N-dealkylation sites (tertiary alicyclic amines) is 1. The van der Waals surface area contributed by atoms with Crippen LogP contribution in [0.1, 0.15) is 26.7 Å². The van der Waals surface area contributed by atoms with E-state index in [-0.39, 0.29) is 0 Å². The van der Waals surface area contributed by atoms with Crippen LogP contribution in [0.25, 0.3) is 0 Å². The predicted molar refractivity (Wildman–Crippen MR) is 83.2 cm³/mol. The molecular weight excluding hydrogens is 254 g/mol. The first-order valence-corrected chi connectivity index (χ1v) is 8.25. The Kier molecular flexibility index (Phi) is 5.59. The molecule has 19 heavy (non-hydrogen) atoms. The van der Waals surface area contributed by atoms with E-state index in [1.165, 1.54) is 17.9 Å². The van der Waals surface area contributed by atoms with Gasteiger partial charge in [0.25, 0.3) is 0 Å². The van der Waals surface area contributed by atoms with Crippen LogP contribution in [-0.2, 0) is 0 Å². The zero-order chi connectivity index (χ0) is 13.7. The van der Waals surface area contributed by atoms with Gasteiger partial charge in [-0.05, 0) is 56.5 Å². The molecule has 0 bridgehead atoms. The summed E-state index contributed by atoms with van der Waals surface area (Å²) in [5.74, 6) is 2.73. The minimum Gasteiger partial charge on any atom is -0.490 e. The zero-order valence-corrected chi connectivity index (χ0v) is 13.1. The van der Waals surface area contributed by atoms with Gasteiger partial charge in [0.15, 0.2) is 0 Å². The van der Waals surface area contributed by atoms with E-state index in [0.29, 0.717) is 12.0 Å². The van der Waals surface area contributed by atoms with Gasteiger partial charge in [-0.3, -0.25) is 0 Å². The van der Waals surface area contributed by atoms with E-state index in [1.54, 1.807) is 0 Å². The fourth-order valence-electron chi connectivity index (χ4n) is 2.68. The standard InChI is InChI=1S/C16H25NOS/c1-4-19-15-9-7-14(8-10-15)18-16-6-5-11-17(3)12-13(16)2/h7-10,13,16H,4-6,11-12H2,1-3H3. The van der Waals surface area contributed by atoms with Gasteiger partial charge in [0.1, 0.15) is 11.9 Å². The van der Waals surface area contributed by atoms with Gasteiger partial charge in [-0.1, -0.05) is 13.8 Å². The molecule has 0 aromatic heterocycles. The molecule has 106 valence electrons. The summed E-state index contributed by atoms with van der Waals surface area (Å²) in [6, 6.07) is 8.55. The van der Waals surface area contributed by atoms with Gasteiger partial charge in [0.2, 0.25) is 0 Å². The second-order valence-corrected chi connectivity index (χ2v) is 6.78. The summed E-state index contributed by atoms with van der Waals surface area (Å²) in [5, 5.41) is 0. The molecule has 2 unspecified atom stereocenters. The van der Waals surface area contributed by atoms with Crippen LogP contribution >= 0.6 is 11.8 Å². The maximum Gasteiger partial charge on any atom is 0.119 e. The van der Waals surface area contributed by atoms with E-state index in [1.807, 2.05) is 11.8 Å². The summed E-state index contributed by atoms with van der Waals surface area (Å²) in [7, 11) is 2.20. The van der Waals surface area contributed by atoms with Crippen LogP contribution in [0.4, 0.5) is 0 Å². The molecule has 2 atom stereocenters. The van der Waals surface area contributed by atoms with E-state index in [4.69, 9.17) is 4.74 Å². The van der Waals surface area contributed by atoms with Crippen LogP contribution < -0.4 is 4.74 Å². The third-order valence-corrected chi connectivity index (χ3v) is 4.58. The lowest BCUT2D eigenvalue weighted by molar-refractivity contribution is 0.131. The number of hydrogen-bond acceptors (Lipinski definition) is 3. The Morgan fingerprint density at radius 1 is 1.32 bits per heavy atom. The molecular formula is C16H25NOS. The van der Waals surface area contributed by atoms with E-state index in [9.17, 15) is 0 Å². The SMILES string of the molecule is CCSc1ccc(OC2CCCN(C)CC2C)cc1. The number of nitrogens with zero attached hydrogens (tertiary/aromatic N) is 1. The summed E-state index contributed by atoms with van der Waals surface area (Å²) >= 11 is 1.87. The van der Waals surface area contributed by atoms with Crippen LogP contribution in [0.15, 0.2) is 29.2 Å². The summed E-state index contributed by atoms with van der Waals surface area (Å²) in [5.41, 5.74) is 0. The van der Waals surface area contributed by atoms with Crippen LogP contribution in [0.2, 0.25) is 0 Å². The van der Waals surface area contributed by atoms with Crippen molar-refractivity contribution in [1.29, 1.82) is 0 Å². The van der Waals surface area contributed by atoms with Gasteiger partial charge in [-0.2, -0.15) is 0 Å². The number of ether oxygens (including phenoxy) is 1. The van der Waals surface area contributed by atoms with Gasteiger partial charge in [0, 0.05) is 17.4 Å². The maximum absolute atomic E-state index is 6.19. The molecule has 1 heterocycles. The van der Waals surface area contributed by atoms with Crippen LogP contribution in [-0.4, -0.2) is 36.9 Å². The second-order valence-electron chi connectivity index (χ2n) is 5.44. The lowest BCUT2D eigenvalue weighted by Crippen LogP contribution is -2.30. The first-order chi connectivity index (χ1) is 9.19. The highest BCUT2D eigenvalue weighted by Gasteiger charge is 2.23. The Balaban J connectivity index is 1.95. The van der Waals surface area contributed by atoms with E-state index < -0.39 is 0 Å². The third-order valence-electron chi connectivity index (χ3n) is 3.69. The third kappa shape index (κ3) is 4.43. The van der Waals surface area contributed by atoms with Crippen LogP contribution in [0.3, 0.4) is 0 Å². The van der Waals surface area contributed by atoms with E-state index >= 15 is 0 Å². The molecule has 1 aromatic carbocycles. The molecule has 3 heteroatoms. The Labute approximate surface area is 121 Å². The lowest BCUT2D eigenvalue weighted by atomic mass is 10.0. The van der Waals surface area contributed by atoms with Crippen molar-refractivity contribution in [3.05, 3.63) is 24.3 Å². The van der Waals surface area contributed by atoms with E-state index in [0.717, 1.165) is 24.5 Å². The number of benzene rings is 1. The molecule has 1 aromatic rings. The second kappa shape index (κ2) is 7.20. The fraction of sp³-hybridized carbons (Fsp3) is 0.625. The number of thioether (sulfide) groups is 1. The highest BCUT2D eigenvalue weighted by atomic mass is 32.2. The van der Waals surface area contributed by atoms with Crippen molar-refractivity contribution < 1.29 is 4.74 Å². The molecule has 1 aliphatic rings. The number of rotatable bonds is 4. The van der Waals surface area contributed by atoms with Gasteiger partial charge >= 0.3 is 0 Å². The smallest absolute Gasteiger partial charge is 0.119 e. The molecule has 1 saturated heterocycles. The van der Waals surface area contributed by atoms with Crippen molar-refractivity contribution in [1.82, 2.24) is 4.90 Å². The van der Waals surface area contributed by atoms with Crippen LogP contribution in [0.5, 0.6) is 5.75 Å². The van der Waals surface area contributed by atoms with Crippen molar-refractivity contribution in [2.75, 3.05) is 25.9 Å². The summed E-state index contributed by atoms with van der Waals surface area (Å²) < 4.78 is 6.19. The Hall–Kier alpha value is -0.670. The molecule has 0 N–H and O–H groups in total. The van der Waals surface area contributed by atoms with Crippen molar-refractivity contribution in [2.45, 2.75) is 37.7 Å². The Morgan fingerprint density at radius 3 is 2.74 bits per heavy atom. The minimum absolute atomic E-state index is 0.356. The molecule has 0 saturated carbocycles. The zero-order valence-electron chi connectivity index (χ0n) is 12.3. The van der Waals surface area contributed by atoms with Gasteiger partial charge < -0.3 is 9.64 Å². The topological polar surface area (TPSA) is 12.5 Å². The first-order valence-electron chi connectivity index (χ1n) is 7.27.